The smallest absolute Gasteiger partial charge is 0.322 e. The third-order valence-corrected chi connectivity index (χ3v) is 2.45. The van der Waals surface area contributed by atoms with E-state index in [0.717, 1.165) is 0 Å². The second-order valence-corrected chi connectivity index (χ2v) is 3.62. The van der Waals surface area contributed by atoms with Crippen LogP contribution in [0.1, 0.15) is 12.5 Å². The molecule has 0 amide bonds. The molecular formula is C12H17NO4. The van der Waals surface area contributed by atoms with E-state index in [2.05, 4.69) is 10.1 Å². The van der Waals surface area contributed by atoms with Gasteiger partial charge in [-0.1, -0.05) is 6.07 Å². The second kappa shape index (κ2) is 6.10. The Morgan fingerprint density at radius 2 is 2.18 bits per heavy atom. The Morgan fingerprint density at radius 3 is 2.71 bits per heavy atom. The van der Waals surface area contributed by atoms with Gasteiger partial charge in [0.2, 0.25) is 0 Å². The van der Waals surface area contributed by atoms with Crippen LogP contribution in [0.4, 0.5) is 0 Å². The fourth-order valence-electron chi connectivity index (χ4n) is 1.34. The van der Waals surface area contributed by atoms with Crippen molar-refractivity contribution in [3.05, 3.63) is 23.8 Å². The van der Waals surface area contributed by atoms with Gasteiger partial charge < -0.3 is 19.9 Å². The first-order valence-electron chi connectivity index (χ1n) is 5.25. The van der Waals surface area contributed by atoms with Gasteiger partial charge in [0.1, 0.15) is 17.5 Å². The van der Waals surface area contributed by atoms with E-state index in [1.807, 2.05) is 0 Å². The average molecular weight is 239 g/mol. The van der Waals surface area contributed by atoms with Crippen molar-refractivity contribution in [2.45, 2.75) is 19.5 Å². The number of benzene rings is 1. The molecular weight excluding hydrogens is 222 g/mol. The monoisotopic (exact) mass is 239 g/mol. The largest absolute Gasteiger partial charge is 0.507 e. The van der Waals surface area contributed by atoms with Crippen molar-refractivity contribution < 1.29 is 19.4 Å². The highest BCUT2D eigenvalue weighted by molar-refractivity contribution is 5.75. The van der Waals surface area contributed by atoms with Gasteiger partial charge in [-0.15, -0.1) is 0 Å². The highest BCUT2D eigenvalue weighted by Gasteiger charge is 2.12. The summed E-state index contributed by atoms with van der Waals surface area (Å²) in [5.41, 5.74) is 0.696. The summed E-state index contributed by atoms with van der Waals surface area (Å²) >= 11 is 0. The standard InChI is InChI=1S/C12H17NO4/c1-8(12(15)17-3)13-7-9-4-5-10(16-2)6-11(9)14/h4-6,8,13-14H,7H2,1-3H3/t8-/m0/s1. The summed E-state index contributed by atoms with van der Waals surface area (Å²) in [6.07, 6.45) is 0. The van der Waals surface area contributed by atoms with Gasteiger partial charge in [-0.2, -0.15) is 0 Å². The molecule has 0 unspecified atom stereocenters. The minimum Gasteiger partial charge on any atom is -0.507 e. The third kappa shape index (κ3) is 3.64. The van der Waals surface area contributed by atoms with Gasteiger partial charge >= 0.3 is 5.97 Å². The van der Waals surface area contributed by atoms with E-state index in [4.69, 9.17) is 4.74 Å². The Labute approximate surface area is 100 Å². The van der Waals surface area contributed by atoms with Crippen molar-refractivity contribution in [3.8, 4) is 11.5 Å². The molecule has 0 saturated carbocycles. The number of carbonyl (C=O) groups is 1. The lowest BCUT2D eigenvalue weighted by Crippen LogP contribution is -2.34. The number of nitrogens with one attached hydrogen (secondary N) is 1. The molecule has 1 aromatic carbocycles. The van der Waals surface area contributed by atoms with Crippen LogP contribution in [0.5, 0.6) is 11.5 Å². The molecule has 0 aliphatic rings. The summed E-state index contributed by atoms with van der Waals surface area (Å²) in [5, 5.41) is 12.6. The zero-order chi connectivity index (χ0) is 12.8. The first kappa shape index (κ1) is 13.3. The highest BCUT2D eigenvalue weighted by atomic mass is 16.5. The predicted molar refractivity (Wildman–Crippen MR) is 63.0 cm³/mol. The van der Waals surface area contributed by atoms with Gasteiger partial charge in [0.25, 0.3) is 0 Å². The zero-order valence-corrected chi connectivity index (χ0v) is 10.2. The van der Waals surface area contributed by atoms with Crippen LogP contribution in [0.25, 0.3) is 0 Å². The molecule has 2 N–H and O–H groups in total. The average Bonchev–Trinajstić information content (AvgIpc) is 2.35. The van der Waals surface area contributed by atoms with Gasteiger partial charge in [0, 0.05) is 18.2 Å². The molecule has 0 aliphatic heterocycles. The lowest BCUT2D eigenvalue weighted by Gasteiger charge is -2.12. The summed E-state index contributed by atoms with van der Waals surface area (Å²) < 4.78 is 9.56. The van der Waals surface area contributed by atoms with Crippen LogP contribution in [0, 0.1) is 0 Å². The predicted octanol–water partition coefficient (Wildman–Crippen LogP) is 1.05. The van der Waals surface area contributed by atoms with E-state index in [-0.39, 0.29) is 11.7 Å². The summed E-state index contributed by atoms with van der Waals surface area (Å²) in [6.45, 7) is 2.08. The molecule has 0 saturated heterocycles. The van der Waals surface area contributed by atoms with Crippen LogP contribution in [0.15, 0.2) is 18.2 Å². The van der Waals surface area contributed by atoms with Gasteiger partial charge in [-0.25, -0.2) is 0 Å². The maximum atomic E-state index is 11.2. The Hall–Kier alpha value is -1.75. The molecule has 17 heavy (non-hydrogen) atoms. The van der Waals surface area contributed by atoms with Crippen LogP contribution < -0.4 is 10.1 Å². The quantitative estimate of drug-likeness (QED) is 0.752. The molecule has 1 rings (SSSR count). The molecule has 0 radical (unpaired) electrons. The highest BCUT2D eigenvalue weighted by Crippen LogP contribution is 2.23. The minimum atomic E-state index is -0.415. The molecule has 1 aromatic rings. The fraction of sp³-hybridized carbons (Fsp3) is 0.417. The van der Waals surface area contributed by atoms with Crippen LogP contribution in [0.3, 0.4) is 0 Å². The van der Waals surface area contributed by atoms with E-state index in [9.17, 15) is 9.90 Å². The fourth-order valence-corrected chi connectivity index (χ4v) is 1.34. The lowest BCUT2D eigenvalue weighted by atomic mass is 10.2. The van der Waals surface area contributed by atoms with Gasteiger partial charge in [0.05, 0.1) is 14.2 Å². The van der Waals surface area contributed by atoms with Gasteiger partial charge in [-0.05, 0) is 13.0 Å². The van der Waals surface area contributed by atoms with Crippen molar-refractivity contribution in [1.29, 1.82) is 0 Å². The van der Waals surface area contributed by atoms with E-state index >= 15 is 0 Å². The zero-order valence-electron chi connectivity index (χ0n) is 10.2. The molecule has 0 bridgehead atoms. The Balaban J connectivity index is 2.60. The van der Waals surface area contributed by atoms with Crippen molar-refractivity contribution in [2.24, 2.45) is 0 Å². The molecule has 5 nitrogen and oxygen atoms in total. The number of aromatic hydroxyl groups is 1. The first-order valence-corrected chi connectivity index (χ1v) is 5.25. The number of phenols is 1. The van der Waals surface area contributed by atoms with Crippen molar-refractivity contribution in [2.75, 3.05) is 14.2 Å². The van der Waals surface area contributed by atoms with Crippen molar-refractivity contribution in [1.82, 2.24) is 5.32 Å². The first-order chi connectivity index (χ1) is 8.08. The summed E-state index contributed by atoms with van der Waals surface area (Å²) in [7, 11) is 2.87. The molecule has 0 spiro atoms. The summed E-state index contributed by atoms with van der Waals surface area (Å²) in [5.74, 6) is 0.388. The maximum absolute atomic E-state index is 11.2. The van der Waals surface area contributed by atoms with Crippen LogP contribution >= 0.6 is 0 Å². The molecule has 94 valence electrons. The molecule has 0 aromatic heterocycles. The summed E-state index contributed by atoms with van der Waals surface area (Å²) in [4.78, 5) is 11.2. The van der Waals surface area contributed by atoms with Crippen molar-refractivity contribution in [3.63, 3.8) is 0 Å². The van der Waals surface area contributed by atoms with Gasteiger partial charge in [0.15, 0.2) is 0 Å². The molecule has 0 fully saturated rings. The van der Waals surface area contributed by atoms with Crippen LogP contribution in [-0.2, 0) is 16.1 Å². The SMILES string of the molecule is COC(=O)[C@H](C)NCc1ccc(OC)cc1O. The molecule has 5 heteroatoms. The number of carbonyl (C=O) groups excluding carboxylic acids is 1. The number of methoxy groups -OCH3 is 2. The normalized spacial score (nSPS) is 11.9. The number of hydrogen-bond acceptors (Lipinski definition) is 5. The minimum absolute atomic E-state index is 0.133. The van der Waals surface area contributed by atoms with E-state index in [0.29, 0.717) is 17.9 Å². The molecule has 0 heterocycles. The Kier molecular flexibility index (Phi) is 4.78. The topological polar surface area (TPSA) is 67.8 Å². The Morgan fingerprint density at radius 1 is 1.47 bits per heavy atom. The molecule has 1 atom stereocenters. The molecule has 0 aliphatic carbocycles. The number of ether oxygens (including phenoxy) is 2. The van der Waals surface area contributed by atoms with E-state index in [1.165, 1.54) is 20.3 Å². The Bertz CT molecular complexity index is 392. The lowest BCUT2D eigenvalue weighted by molar-refractivity contribution is -0.142. The number of rotatable bonds is 5. The van der Waals surface area contributed by atoms with Crippen molar-refractivity contribution >= 4 is 5.97 Å². The second-order valence-electron chi connectivity index (χ2n) is 3.62. The van der Waals surface area contributed by atoms with Crippen LogP contribution in [-0.4, -0.2) is 31.3 Å². The maximum Gasteiger partial charge on any atom is 0.322 e. The number of esters is 1. The number of hydrogen-bond donors (Lipinski definition) is 2. The summed E-state index contributed by atoms with van der Waals surface area (Å²) in [6, 6.07) is 4.60. The van der Waals surface area contributed by atoms with E-state index < -0.39 is 6.04 Å². The van der Waals surface area contributed by atoms with Gasteiger partial charge in [-0.3, -0.25) is 4.79 Å². The van der Waals surface area contributed by atoms with Crippen LogP contribution in [0.2, 0.25) is 0 Å². The number of phenolic OH excluding ortho intramolecular Hbond substituents is 1. The van der Waals surface area contributed by atoms with E-state index in [1.54, 1.807) is 19.1 Å². The third-order valence-electron chi connectivity index (χ3n) is 2.45.